The van der Waals surface area contributed by atoms with Gasteiger partial charge < -0.3 is 0 Å². The summed E-state index contributed by atoms with van der Waals surface area (Å²) in [4.78, 5) is 27.8. The molecule has 0 unspecified atom stereocenters. The fraction of sp³-hybridized carbons (Fsp3) is 0.556. The third-order valence-corrected chi connectivity index (χ3v) is 5.14. The predicted molar refractivity (Wildman–Crippen MR) is 85.1 cm³/mol. The first kappa shape index (κ1) is 17.9. The molecule has 1 aromatic rings. The average Bonchev–Trinajstić information content (AvgIpc) is 3.08. The van der Waals surface area contributed by atoms with E-state index in [2.05, 4.69) is 0 Å². The van der Waals surface area contributed by atoms with Gasteiger partial charge in [0.2, 0.25) is 11.8 Å². The second-order valence-corrected chi connectivity index (χ2v) is 7.14. The summed E-state index contributed by atoms with van der Waals surface area (Å²) >= 11 is 0. The van der Waals surface area contributed by atoms with Crippen LogP contribution < -0.4 is 0 Å². The zero-order valence-corrected chi connectivity index (χ0v) is 14.1. The Morgan fingerprint density at radius 2 is 1.88 bits per heavy atom. The minimum atomic E-state index is -4.38. The molecule has 0 N–H and O–H groups in total. The van der Waals surface area contributed by atoms with Crippen molar-refractivity contribution in [2.45, 2.75) is 44.8 Å². The van der Waals surface area contributed by atoms with Gasteiger partial charge in [0.15, 0.2) is 0 Å². The molecule has 0 aromatic heterocycles. The quantitative estimate of drug-likeness (QED) is 0.778. The molecule has 1 spiro atoms. The minimum absolute atomic E-state index is 0.107. The Bertz CT molecular complexity index is 681. The molecule has 4 nitrogen and oxygen atoms in total. The van der Waals surface area contributed by atoms with Crippen LogP contribution in [0.4, 0.5) is 13.2 Å². The maximum Gasteiger partial charge on any atom is 0.416 e. The van der Waals surface area contributed by atoms with Gasteiger partial charge in [0, 0.05) is 13.0 Å². The molecule has 3 rings (SSSR count). The van der Waals surface area contributed by atoms with Gasteiger partial charge in [-0.25, -0.2) is 0 Å². The summed E-state index contributed by atoms with van der Waals surface area (Å²) in [6.45, 7) is 0.337. The zero-order valence-electron chi connectivity index (χ0n) is 14.1. The zero-order chi connectivity index (χ0) is 18.2. The number of halogens is 3. The minimum Gasteiger partial charge on any atom is -0.284 e. The molecule has 0 bridgehead atoms. The lowest BCUT2D eigenvalue weighted by molar-refractivity contribution is -0.143. The number of likely N-dealkylation sites (tertiary alicyclic amines) is 1. The molecule has 1 saturated heterocycles. The smallest absolute Gasteiger partial charge is 0.284 e. The monoisotopic (exact) mass is 354 g/mol. The van der Waals surface area contributed by atoms with Crippen LogP contribution >= 0.6 is 0 Å². The van der Waals surface area contributed by atoms with Crippen LogP contribution in [0.2, 0.25) is 0 Å². The average molecular weight is 354 g/mol. The van der Waals surface area contributed by atoms with Gasteiger partial charge in [-0.1, -0.05) is 31.0 Å². The maximum atomic E-state index is 12.8. The Hall–Kier alpha value is -1.89. The molecule has 2 amide bonds. The van der Waals surface area contributed by atoms with Crippen molar-refractivity contribution in [2.75, 3.05) is 13.7 Å². The number of amides is 2. The van der Waals surface area contributed by atoms with E-state index in [1.165, 1.54) is 11.0 Å². The highest BCUT2D eigenvalue weighted by Crippen LogP contribution is 2.46. The first-order chi connectivity index (χ1) is 11.7. The summed E-state index contributed by atoms with van der Waals surface area (Å²) < 4.78 is 38.4. The van der Waals surface area contributed by atoms with Gasteiger partial charge in [0.25, 0.3) is 0 Å². The number of hydrogen-bond acceptors (Lipinski definition) is 3. The fourth-order valence-electron chi connectivity index (χ4n) is 3.89. The summed E-state index contributed by atoms with van der Waals surface area (Å²) in [6, 6.07) is 5.10. The second-order valence-electron chi connectivity index (χ2n) is 7.14. The van der Waals surface area contributed by atoms with Crippen molar-refractivity contribution in [1.29, 1.82) is 0 Å². The van der Waals surface area contributed by atoms with Crippen molar-refractivity contribution >= 4 is 11.8 Å². The van der Waals surface area contributed by atoms with Gasteiger partial charge in [-0.15, -0.1) is 0 Å². The molecule has 0 atom stereocenters. The van der Waals surface area contributed by atoms with Crippen LogP contribution in [-0.4, -0.2) is 35.3 Å². The van der Waals surface area contributed by atoms with Crippen LogP contribution in [0.25, 0.3) is 0 Å². The summed E-state index contributed by atoms with van der Waals surface area (Å²) in [7, 11) is 1.69. The Morgan fingerprint density at radius 3 is 2.52 bits per heavy atom. The molecule has 1 aromatic carbocycles. The van der Waals surface area contributed by atoms with E-state index < -0.39 is 17.2 Å². The molecule has 2 fully saturated rings. The molecule has 1 aliphatic heterocycles. The van der Waals surface area contributed by atoms with E-state index in [-0.39, 0.29) is 31.4 Å². The van der Waals surface area contributed by atoms with Crippen molar-refractivity contribution < 1.29 is 22.8 Å². The molecule has 1 aliphatic carbocycles. The Labute approximate surface area is 144 Å². The Morgan fingerprint density at radius 1 is 1.20 bits per heavy atom. The standard InChI is InChI=1S/C18H21F3N2O2/c1-22(11-13-5-4-6-14(9-13)18(19,20)21)12-23-15(24)10-17(16(23)25)7-2-3-8-17/h4-6,9H,2-3,7-8,10-12H2,1H3. The highest BCUT2D eigenvalue weighted by atomic mass is 19.4. The summed E-state index contributed by atoms with van der Waals surface area (Å²) in [5, 5.41) is 0. The van der Waals surface area contributed by atoms with Gasteiger partial charge in [0.1, 0.15) is 0 Å². The van der Waals surface area contributed by atoms with Crippen LogP contribution in [0.5, 0.6) is 0 Å². The lowest BCUT2D eigenvalue weighted by Crippen LogP contribution is -2.41. The van der Waals surface area contributed by atoms with E-state index in [0.29, 0.717) is 5.56 Å². The van der Waals surface area contributed by atoms with Crippen LogP contribution in [0.1, 0.15) is 43.2 Å². The number of carbonyl (C=O) groups is 2. The Balaban J connectivity index is 1.66. The number of imide groups is 1. The number of carbonyl (C=O) groups excluding carboxylic acids is 2. The molecule has 1 heterocycles. The molecule has 7 heteroatoms. The van der Waals surface area contributed by atoms with Gasteiger partial charge in [-0.05, 0) is 31.5 Å². The highest BCUT2D eigenvalue weighted by Gasteiger charge is 2.52. The highest BCUT2D eigenvalue weighted by molar-refractivity contribution is 6.06. The lowest BCUT2D eigenvalue weighted by Gasteiger charge is -2.25. The van der Waals surface area contributed by atoms with E-state index in [1.54, 1.807) is 18.0 Å². The number of rotatable bonds is 4. The topological polar surface area (TPSA) is 40.6 Å². The van der Waals surface area contributed by atoms with Crippen molar-refractivity contribution in [3.8, 4) is 0 Å². The summed E-state index contributed by atoms with van der Waals surface area (Å²) in [5.74, 6) is -0.298. The molecule has 136 valence electrons. The Kier molecular flexibility index (Phi) is 4.62. The van der Waals surface area contributed by atoms with Gasteiger partial charge in [0.05, 0.1) is 17.6 Å². The van der Waals surface area contributed by atoms with Crippen molar-refractivity contribution in [3.05, 3.63) is 35.4 Å². The summed E-state index contributed by atoms with van der Waals surface area (Å²) in [5.41, 5.74) is -0.725. The first-order valence-corrected chi connectivity index (χ1v) is 8.41. The molecule has 25 heavy (non-hydrogen) atoms. The van der Waals surface area contributed by atoms with Crippen LogP contribution in [0.3, 0.4) is 0 Å². The lowest BCUT2D eigenvalue weighted by atomic mass is 9.85. The largest absolute Gasteiger partial charge is 0.416 e. The van der Waals surface area contributed by atoms with E-state index in [1.807, 2.05) is 0 Å². The van der Waals surface area contributed by atoms with Gasteiger partial charge >= 0.3 is 6.18 Å². The third-order valence-electron chi connectivity index (χ3n) is 5.14. The van der Waals surface area contributed by atoms with Crippen LogP contribution in [0.15, 0.2) is 24.3 Å². The normalized spacial score (nSPS) is 20.3. The fourth-order valence-corrected chi connectivity index (χ4v) is 3.89. The molecular formula is C18H21F3N2O2. The molecule has 1 saturated carbocycles. The van der Waals surface area contributed by atoms with Gasteiger partial charge in [-0.2, -0.15) is 13.2 Å². The van der Waals surface area contributed by atoms with Crippen molar-refractivity contribution in [1.82, 2.24) is 9.80 Å². The van der Waals surface area contributed by atoms with Crippen molar-refractivity contribution in [3.63, 3.8) is 0 Å². The molecule has 0 radical (unpaired) electrons. The SMILES string of the molecule is CN(Cc1cccc(C(F)(F)F)c1)CN1C(=O)CC2(CCCC2)C1=O. The maximum absolute atomic E-state index is 12.8. The summed E-state index contributed by atoms with van der Waals surface area (Å²) in [6.07, 6.45) is -0.676. The van der Waals surface area contributed by atoms with E-state index in [0.717, 1.165) is 37.8 Å². The molecular weight excluding hydrogens is 333 g/mol. The number of benzene rings is 1. The van der Waals surface area contributed by atoms with E-state index in [4.69, 9.17) is 0 Å². The number of alkyl halides is 3. The predicted octanol–water partition coefficient (Wildman–Crippen LogP) is 3.41. The number of nitrogens with zero attached hydrogens (tertiary/aromatic N) is 2. The van der Waals surface area contributed by atoms with Crippen molar-refractivity contribution in [2.24, 2.45) is 5.41 Å². The third kappa shape index (κ3) is 3.56. The van der Waals surface area contributed by atoms with E-state index in [9.17, 15) is 22.8 Å². The second kappa shape index (κ2) is 6.44. The van der Waals surface area contributed by atoms with E-state index >= 15 is 0 Å². The number of hydrogen-bond donors (Lipinski definition) is 0. The van der Waals surface area contributed by atoms with Crippen LogP contribution in [0, 0.1) is 5.41 Å². The molecule has 2 aliphatic rings. The first-order valence-electron chi connectivity index (χ1n) is 8.41. The van der Waals surface area contributed by atoms with Crippen LogP contribution in [-0.2, 0) is 22.3 Å². The van der Waals surface area contributed by atoms with Gasteiger partial charge in [-0.3, -0.25) is 19.4 Å².